The van der Waals surface area contributed by atoms with Crippen molar-refractivity contribution in [3.8, 4) is 0 Å². The van der Waals surface area contributed by atoms with E-state index in [0.717, 1.165) is 35.9 Å². The predicted octanol–water partition coefficient (Wildman–Crippen LogP) is 3.69. The Morgan fingerprint density at radius 2 is 1.92 bits per heavy atom. The minimum atomic E-state index is -0.885. The van der Waals surface area contributed by atoms with Crippen LogP contribution < -0.4 is 0 Å². The molecule has 0 spiro atoms. The minimum absolute atomic E-state index is 0.0339. The summed E-state index contributed by atoms with van der Waals surface area (Å²) in [6.45, 7) is 7.52. The van der Waals surface area contributed by atoms with Crippen molar-refractivity contribution in [2.45, 2.75) is 46.6 Å². The Hall–Kier alpha value is -2.30. The van der Waals surface area contributed by atoms with Crippen LogP contribution in [0.1, 0.15) is 49.2 Å². The Bertz CT molecular complexity index is 734. The second kappa shape index (κ2) is 7.99. The van der Waals surface area contributed by atoms with Crippen LogP contribution in [0.25, 0.3) is 10.9 Å². The average molecular weight is 330 g/mol. The molecule has 0 bridgehead atoms. The Morgan fingerprint density at radius 1 is 1.21 bits per heavy atom. The number of hydrogen-bond acceptors (Lipinski definition) is 2. The first kappa shape index (κ1) is 18.0. The Morgan fingerprint density at radius 3 is 2.54 bits per heavy atom. The molecule has 1 N–H and O–H groups in total. The van der Waals surface area contributed by atoms with Gasteiger partial charge in [-0.05, 0) is 31.9 Å². The van der Waals surface area contributed by atoms with Crippen LogP contribution in [-0.2, 0) is 11.3 Å². The highest BCUT2D eigenvalue weighted by atomic mass is 16.4. The highest BCUT2D eigenvalue weighted by Gasteiger charge is 2.24. The van der Waals surface area contributed by atoms with Crippen molar-refractivity contribution in [1.29, 1.82) is 0 Å². The molecule has 0 saturated heterocycles. The van der Waals surface area contributed by atoms with E-state index in [1.165, 1.54) is 0 Å². The standard InChI is InChI=1S/C19H26N2O3/c1-4-6-12-21-16-10-8-7-9-15(16)14(3)18(21)19(24)20(5-2)13-11-17(22)23/h7-10H,4-6,11-13H2,1-3H3,(H,22,23). The maximum atomic E-state index is 13.1. The van der Waals surface area contributed by atoms with Crippen LogP contribution in [0.15, 0.2) is 24.3 Å². The van der Waals surface area contributed by atoms with Gasteiger partial charge in [0.1, 0.15) is 5.69 Å². The fourth-order valence-electron chi connectivity index (χ4n) is 3.08. The van der Waals surface area contributed by atoms with E-state index in [2.05, 4.69) is 11.5 Å². The maximum absolute atomic E-state index is 13.1. The fourth-order valence-corrected chi connectivity index (χ4v) is 3.08. The first-order valence-corrected chi connectivity index (χ1v) is 8.60. The number of carboxylic acid groups (broad SMARTS) is 1. The molecule has 1 aromatic carbocycles. The number of aryl methyl sites for hydroxylation is 2. The number of carboxylic acids is 1. The van der Waals surface area contributed by atoms with E-state index in [4.69, 9.17) is 5.11 Å². The second-order valence-corrected chi connectivity index (χ2v) is 6.02. The van der Waals surface area contributed by atoms with Gasteiger partial charge in [0.15, 0.2) is 0 Å². The van der Waals surface area contributed by atoms with Gasteiger partial charge in [0.25, 0.3) is 5.91 Å². The lowest BCUT2D eigenvalue weighted by Gasteiger charge is -2.22. The summed E-state index contributed by atoms with van der Waals surface area (Å²) >= 11 is 0. The summed E-state index contributed by atoms with van der Waals surface area (Å²) in [5, 5.41) is 10.00. The molecular formula is C19H26N2O3. The number of carbonyl (C=O) groups excluding carboxylic acids is 1. The number of hydrogen-bond donors (Lipinski definition) is 1. The summed E-state index contributed by atoms with van der Waals surface area (Å²) < 4.78 is 2.10. The number of aromatic nitrogens is 1. The van der Waals surface area contributed by atoms with Gasteiger partial charge in [-0.2, -0.15) is 0 Å². The summed E-state index contributed by atoms with van der Waals surface area (Å²) in [6.07, 6.45) is 2.02. The van der Waals surface area contributed by atoms with Crippen LogP contribution in [0.5, 0.6) is 0 Å². The van der Waals surface area contributed by atoms with Gasteiger partial charge >= 0.3 is 5.97 Å². The number of nitrogens with zero attached hydrogens (tertiary/aromatic N) is 2. The summed E-state index contributed by atoms with van der Waals surface area (Å²) in [4.78, 5) is 25.5. The van der Waals surface area contributed by atoms with Crippen molar-refractivity contribution in [3.63, 3.8) is 0 Å². The van der Waals surface area contributed by atoms with Crippen LogP contribution in [0.2, 0.25) is 0 Å². The van der Waals surface area contributed by atoms with E-state index in [1.807, 2.05) is 38.1 Å². The summed E-state index contributed by atoms with van der Waals surface area (Å²) in [6, 6.07) is 8.05. The predicted molar refractivity (Wildman–Crippen MR) is 95.4 cm³/mol. The summed E-state index contributed by atoms with van der Waals surface area (Å²) in [7, 11) is 0. The van der Waals surface area contributed by atoms with Crippen LogP contribution in [0, 0.1) is 6.92 Å². The second-order valence-electron chi connectivity index (χ2n) is 6.02. The van der Waals surface area contributed by atoms with Gasteiger partial charge in [-0.3, -0.25) is 9.59 Å². The molecule has 2 rings (SSSR count). The number of aliphatic carboxylic acids is 1. The number of fused-ring (bicyclic) bond motifs is 1. The molecule has 1 amide bonds. The number of rotatable bonds is 8. The number of benzene rings is 1. The monoisotopic (exact) mass is 330 g/mol. The van der Waals surface area contributed by atoms with Crippen LogP contribution in [-0.4, -0.2) is 39.5 Å². The quantitative estimate of drug-likeness (QED) is 0.803. The molecule has 2 aromatic rings. The average Bonchev–Trinajstić information content (AvgIpc) is 2.85. The third kappa shape index (κ3) is 3.61. The van der Waals surface area contributed by atoms with E-state index in [9.17, 15) is 9.59 Å². The van der Waals surface area contributed by atoms with E-state index >= 15 is 0 Å². The van der Waals surface area contributed by atoms with Crippen molar-refractivity contribution < 1.29 is 14.7 Å². The SMILES string of the molecule is CCCCn1c(C(=O)N(CC)CCC(=O)O)c(C)c2ccccc21. The molecule has 1 aromatic heterocycles. The molecule has 24 heavy (non-hydrogen) atoms. The first-order chi connectivity index (χ1) is 11.5. The highest BCUT2D eigenvalue weighted by molar-refractivity contribution is 6.01. The number of carbonyl (C=O) groups is 2. The Kier molecular flexibility index (Phi) is 6.01. The molecule has 1 heterocycles. The van der Waals surface area contributed by atoms with E-state index in [-0.39, 0.29) is 18.9 Å². The molecule has 5 nitrogen and oxygen atoms in total. The summed E-state index contributed by atoms with van der Waals surface area (Å²) in [5.74, 6) is -0.965. The Balaban J connectivity index is 2.46. The molecule has 0 aliphatic carbocycles. The van der Waals surface area contributed by atoms with Crippen molar-refractivity contribution in [1.82, 2.24) is 9.47 Å². The van der Waals surface area contributed by atoms with Gasteiger partial charge < -0.3 is 14.6 Å². The number of unbranched alkanes of at least 4 members (excludes halogenated alkanes) is 1. The van der Waals surface area contributed by atoms with E-state index in [0.29, 0.717) is 12.2 Å². The zero-order valence-corrected chi connectivity index (χ0v) is 14.7. The minimum Gasteiger partial charge on any atom is -0.481 e. The molecule has 0 aliphatic rings. The van der Waals surface area contributed by atoms with Crippen molar-refractivity contribution in [2.75, 3.05) is 13.1 Å². The van der Waals surface area contributed by atoms with E-state index < -0.39 is 5.97 Å². The van der Waals surface area contributed by atoms with Gasteiger partial charge in [0.2, 0.25) is 0 Å². The first-order valence-electron chi connectivity index (χ1n) is 8.60. The van der Waals surface area contributed by atoms with Crippen LogP contribution in [0.4, 0.5) is 0 Å². The smallest absolute Gasteiger partial charge is 0.305 e. The summed E-state index contributed by atoms with van der Waals surface area (Å²) in [5.41, 5.74) is 2.73. The molecule has 0 unspecified atom stereocenters. The van der Waals surface area contributed by atoms with Gasteiger partial charge in [-0.1, -0.05) is 31.5 Å². The number of amides is 1. The van der Waals surface area contributed by atoms with Crippen molar-refractivity contribution >= 4 is 22.8 Å². The maximum Gasteiger partial charge on any atom is 0.305 e. The van der Waals surface area contributed by atoms with Crippen molar-refractivity contribution in [2.24, 2.45) is 0 Å². The molecule has 0 radical (unpaired) electrons. The van der Waals surface area contributed by atoms with Gasteiger partial charge in [0.05, 0.1) is 6.42 Å². The fraction of sp³-hybridized carbons (Fsp3) is 0.474. The molecule has 0 aliphatic heterocycles. The largest absolute Gasteiger partial charge is 0.481 e. The van der Waals surface area contributed by atoms with E-state index in [1.54, 1.807) is 4.90 Å². The topological polar surface area (TPSA) is 62.5 Å². The van der Waals surface area contributed by atoms with Gasteiger partial charge in [-0.15, -0.1) is 0 Å². The van der Waals surface area contributed by atoms with Crippen LogP contribution in [0.3, 0.4) is 0 Å². The highest BCUT2D eigenvalue weighted by Crippen LogP contribution is 2.27. The van der Waals surface area contributed by atoms with Crippen molar-refractivity contribution in [3.05, 3.63) is 35.5 Å². The Labute approximate surface area is 142 Å². The molecule has 5 heteroatoms. The third-order valence-corrected chi connectivity index (χ3v) is 4.43. The number of para-hydroxylation sites is 1. The zero-order valence-electron chi connectivity index (χ0n) is 14.7. The molecule has 0 fully saturated rings. The molecule has 0 atom stereocenters. The molecule has 0 saturated carbocycles. The third-order valence-electron chi connectivity index (χ3n) is 4.43. The lowest BCUT2D eigenvalue weighted by Crippen LogP contribution is -2.34. The molecular weight excluding hydrogens is 304 g/mol. The van der Waals surface area contributed by atoms with Crippen LogP contribution >= 0.6 is 0 Å². The lowest BCUT2D eigenvalue weighted by molar-refractivity contribution is -0.137. The normalized spacial score (nSPS) is 11.0. The zero-order chi connectivity index (χ0) is 17.7. The van der Waals surface area contributed by atoms with Gasteiger partial charge in [-0.25, -0.2) is 0 Å². The van der Waals surface area contributed by atoms with Gasteiger partial charge in [0, 0.05) is 30.5 Å². The lowest BCUT2D eigenvalue weighted by atomic mass is 10.1. The molecule has 130 valence electrons.